The molecule has 19 heavy (non-hydrogen) atoms. The van der Waals surface area contributed by atoms with E-state index < -0.39 is 0 Å². The van der Waals surface area contributed by atoms with Crippen molar-refractivity contribution in [3.63, 3.8) is 0 Å². The van der Waals surface area contributed by atoms with Gasteiger partial charge in [-0.05, 0) is 37.4 Å². The summed E-state index contributed by atoms with van der Waals surface area (Å²) in [7, 11) is 0. The Morgan fingerprint density at radius 3 is 1.68 bits per heavy atom. The summed E-state index contributed by atoms with van der Waals surface area (Å²) >= 11 is 3.67. The molecule has 0 saturated carbocycles. The van der Waals surface area contributed by atoms with Crippen molar-refractivity contribution in [1.82, 2.24) is 0 Å². The van der Waals surface area contributed by atoms with Gasteiger partial charge in [-0.15, -0.1) is 11.8 Å². The monoisotopic (exact) mass is 322 g/mol. The normalized spacial score (nSPS) is 13.2. The highest BCUT2D eigenvalue weighted by Gasteiger charge is 2.18. The first-order valence-corrected chi connectivity index (χ1v) is 8.23. The van der Waals surface area contributed by atoms with Gasteiger partial charge in [0.15, 0.2) is 0 Å². The second-order valence-corrected chi connectivity index (χ2v) is 8.04. The van der Waals surface area contributed by atoms with Gasteiger partial charge >= 0.3 is 10.6 Å². The van der Waals surface area contributed by atoms with Gasteiger partial charge in [-0.1, -0.05) is 25.3 Å². The minimum atomic E-state index is -0.341. The topological polar surface area (TPSA) is 52.6 Å². The van der Waals surface area contributed by atoms with Gasteiger partial charge in [-0.3, -0.25) is 0 Å². The van der Waals surface area contributed by atoms with Crippen LogP contribution in [0.1, 0.15) is 13.8 Å². The lowest BCUT2D eigenvalue weighted by molar-refractivity contribution is 0.187. The minimum Gasteiger partial charge on any atom is -0.453 e. The molecule has 0 aromatic heterocycles. The number of hydrogen-bond donors (Lipinski definition) is 0. The molecule has 0 spiro atoms. The van der Waals surface area contributed by atoms with E-state index in [4.69, 9.17) is 9.47 Å². The van der Waals surface area contributed by atoms with E-state index >= 15 is 0 Å². The van der Waals surface area contributed by atoms with Crippen LogP contribution < -0.4 is 0 Å². The second kappa shape index (κ2) is 11.3. The van der Waals surface area contributed by atoms with Gasteiger partial charge in [0.25, 0.3) is 0 Å². The molecule has 0 aliphatic carbocycles. The molecule has 0 saturated heterocycles. The van der Waals surface area contributed by atoms with Crippen LogP contribution >= 0.6 is 35.3 Å². The Morgan fingerprint density at radius 2 is 1.37 bits per heavy atom. The van der Waals surface area contributed by atoms with Gasteiger partial charge in [-0.2, -0.15) is 0 Å². The average molecular weight is 322 g/mol. The van der Waals surface area contributed by atoms with E-state index in [0.717, 1.165) is 23.5 Å². The Morgan fingerprint density at radius 1 is 1.00 bits per heavy atom. The van der Waals surface area contributed by atoms with Gasteiger partial charge < -0.3 is 9.47 Å². The summed E-state index contributed by atoms with van der Waals surface area (Å²) in [5.74, 6) is 0. The molecule has 0 heterocycles. The molecular formula is C12H18O4S3. The van der Waals surface area contributed by atoms with Crippen molar-refractivity contribution in [2.45, 2.75) is 23.0 Å². The fraction of sp³-hybridized carbons (Fsp3) is 0.500. The molecule has 0 aliphatic rings. The number of carbonyl (C=O) groups is 2. The van der Waals surface area contributed by atoms with Crippen LogP contribution in [-0.2, 0) is 9.47 Å². The van der Waals surface area contributed by atoms with Crippen LogP contribution in [0.25, 0.3) is 0 Å². The van der Waals surface area contributed by atoms with Gasteiger partial charge in [-0.25, -0.2) is 9.59 Å². The van der Waals surface area contributed by atoms with E-state index in [1.165, 1.54) is 23.9 Å². The summed E-state index contributed by atoms with van der Waals surface area (Å²) in [5, 5.41) is -0.683. The van der Waals surface area contributed by atoms with E-state index in [2.05, 4.69) is 13.2 Å². The van der Waals surface area contributed by atoms with E-state index in [0.29, 0.717) is 0 Å². The minimum absolute atomic E-state index is 0.00739. The van der Waals surface area contributed by atoms with Gasteiger partial charge in [0.05, 0.1) is 9.16 Å². The Kier molecular flexibility index (Phi) is 11.0. The van der Waals surface area contributed by atoms with E-state index in [1.54, 1.807) is 0 Å². The number of hydrogen-bond acceptors (Lipinski definition) is 7. The molecule has 0 fully saturated rings. The molecule has 0 aromatic carbocycles. The summed E-state index contributed by atoms with van der Waals surface area (Å²) < 4.78 is 9.71. The van der Waals surface area contributed by atoms with Crippen molar-refractivity contribution >= 4 is 45.9 Å². The number of rotatable bonds is 8. The molecule has 0 bridgehead atoms. The highest BCUT2D eigenvalue weighted by Crippen LogP contribution is 2.34. The Hall–Kier alpha value is -0.530. The maximum atomic E-state index is 11.3. The van der Waals surface area contributed by atoms with Crippen molar-refractivity contribution in [3.8, 4) is 0 Å². The molecule has 0 rings (SSSR count). The Bertz CT molecular complexity index is 290. The summed E-state index contributed by atoms with van der Waals surface area (Å²) in [6.07, 6.45) is 3.04. The van der Waals surface area contributed by atoms with Gasteiger partial charge in [0.1, 0.15) is 13.2 Å². The first kappa shape index (κ1) is 18.5. The fourth-order valence-corrected chi connectivity index (χ4v) is 4.40. The van der Waals surface area contributed by atoms with E-state index in [1.807, 2.05) is 13.8 Å². The van der Waals surface area contributed by atoms with Crippen molar-refractivity contribution in [3.05, 3.63) is 25.3 Å². The summed E-state index contributed by atoms with van der Waals surface area (Å²) in [4.78, 5) is 22.7. The molecule has 7 heteroatoms. The molecule has 0 N–H and O–H groups in total. The predicted octanol–water partition coefficient (Wildman–Crippen LogP) is 4.52. The lowest BCUT2D eigenvalue weighted by atomic mass is 10.7. The quantitative estimate of drug-likeness (QED) is 0.370. The zero-order chi connectivity index (χ0) is 14.7. The zero-order valence-electron chi connectivity index (χ0n) is 11.0. The zero-order valence-corrected chi connectivity index (χ0v) is 13.4. The first-order valence-electron chi connectivity index (χ1n) is 5.53. The SMILES string of the molecule is C=CCOC(=O)SC(C)SC(C)SC(=O)OCC=C. The molecule has 0 radical (unpaired) electrons. The smallest absolute Gasteiger partial charge is 0.368 e. The van der Waals surface area contributed by atoms with Crippen LogP contribution in [0.5, 0.6) is 0 Å². The molecule has 108 valence electrons. The first-order chi connectivity index (χ1) is 8.99. The van der Waals surface area contributed by atoms with Crippen molar-refractivity contribution in [2.75, 3.05) is 13.2 Å². The third kappa shape index (κ3) is 11.0. The Balaban J connectivity index is 3.87. The molecule has 0 aliphatic heterocycles. The summed E-state index contributed by atoms with van der Waals surface area (Å²) in [5.41, 5.74) is 0. The maximum Gasteiger partial charge on any atom is 0.368 e. The standard InChI is InChI=1S/C12H18O4S3/c1-5-7-15-11(13)18-9(3)17-10(4)19-12(14)16-8-6-2/h5-6,9-10H,1-2,7-8H2,3-4H3. The fourth-order valence-electron chi connectivity index (χ4n) is 0.918. The molecule has 2 atom stereocenters. The van der Waals surface area contributed by atoms with Crippen molar-refractivity contribution < 1.29 is 19.1 Å². The molecular weight excluding hydrogens is 304 g/mol. The summed E-state index contributed by atoms with van der Waals surface area (Å²) in [6.45, 7) is 11.1. The molecule has 4 nitrogen and oxygen atoms in total. The number of carbonyl (C=O) groups excluding carboxylic acids is 2. The molecule has 2 unspecified atom stereocenters. The highest BCUT2D eigenvalue weighted by molar-refractivity contribution is 8.31. The highest BCUT2D eigenvalue weighted by atomic mass is 32.2. The van der Waals surface area contributed by atoms with Crippen molar-refractivity contribution in [2.24, 2.45) is 0 Å². The van der Waals surface area contributed by atoms with Gasteiger partial charge in [0, 0.05) is 0 Å². The average Bonchev–Trinajstić information content (AvgIpc) is 2.33. The third-order valence-corrected chi connectivity index (χ3v) is 4.84. The van der Waals surface area contributed by atoms with Crippen LogP contribution in [0.4, 0.5) is 9.59 Å². The van der Waals surface area contributed by atoms with Crippen LogP contribution in [0.15, 0.2) is 25.3 Å². The largest absolute Gasteiger partial charge is 0.453 e. The predicted molar refractivity (Wildman–Crippen MR) is 84.8 cm³/mol. The lowest BCUT2D eigenvalue weighted by Gasteiger charge is -2.14. The van der Waals surface area contributed by atoms with Gasteiger partial charge in [0.2, 0.25) is 0 Å². The molecule has 0 aromatic rings. The summed E-state index contributed by atoms with van der Waals surface area (Å²) in [6, 6.07) is 0. The number of thioether (sulfide) groups is 3. The third-order valence-electron chi connectivity index (χ3n) is 1.55. The van der Waals surface area contributed by atoms with Crippen LogP contribution in [0, 0.1) is 0 Å². The van der Waals surface area contributed by atoms with E-state index in [-0.39, 0.29) is 33.0 Å². The van der Waals surface area contributed by atoms with Crippen LogP contribution in [0.2, 0.25) is 0 Å². The van der Waals surface area contributed by atoms with Crippen LogP contribution in [0.3, 0.4) is 0 Å². The van der Waals surface area contributed by atoms with Crippen molar-refractivity contribution in [1.29, 1.82) is 0 Å². The lowest BCUT2D eigenvalue weighted by Crippen LogP contribution is -2.07. The van der Waals surface area contributed by atoms with E-state index in [9.17, 15) is 9.59 Å². The number of ether oxygens (including phenoxy) is 2. The second-order valence-electron chi connectivity index (χ2n) is 3.21. The van der Waals surface area contributed by atoms with Crippen LogP contribution in [-0.4, -0.2) is 33.0 Å². The molecule has 0 amide bonds. The maximum absolute atomic E-state index is 11.3. The Labute approximate surface area is 126 Å².